The van der Waals surface area contributed by atoms with Crippen LogP contribution in [0.3, 0.4) is 0 Å². The first-order valence-electron chi connectivity index (χ1n) is 14.1. The monoisotopic (exact) mass is 512 g/mol. The SMILES string of the molecule is C/C(=C\Cc1cc(OCc2ccccc2)ccc1OCc1ccccc1)CC[C@H]1C(C)(C)CCC[C@]1(C)O. The van der Waals surface area contributed by atoms with Gasteiger partial charge in [-0.3, -0.25) is 0 Å². The van der Waals surface area contributed by atoms with Crippen LogP contribution >= 0.6 is 0 Å². The Morgan fingerprint density at radius 3 is 2.13 bits per heavy atom. The molecule has 0 radical (unpaired) electrons. The third kappa shape index (κ3) is 7.74. The second-order valence-electron chi connectivity index (χ2n) is 11.9. The first-order chi connectivity index (χ1) is 18.2. The molecule has 1 saturated carbocycles. The zero-order valence-electron chi connectivity index (χ0n) is 23.6. The molecule has 3 aromatic carbocycles. The van der Waals surface area contributed by atoms with E-state index < -0.39 is 5.60 Å². The largest absolute Gasteiger partial charge is 0.489 e. The lowest BCUT2D eigenvalue weighted by atomic mass is 9.60. The van der Waals surface area contributed by atoms with E-state index in [1.165, 1.54) is 12.0 Å². The molecular formula is C35H44O3. The van der Waals surface area contributed by atoms with Crippen molar-refractivity contribution < 1.29 is 14.6 Å². The van der Waals surface area contributed by atoms with Crippen LogP contribution in [-0.4, -0.2) is 10.7 Å². The molecule has 0 heterocycles. The van der Waals surface area contributed by atoms with Crippen LogP contribution in [0.4, 0.5) is 0 Å². The molecule has 1 aliphatic carbocycles. The molecule has 4 rings (SSSR count). The minimum Gasteiger partial charge on any atom is -0.489 e. The summed E-state index contributed by atoms with van der Waals surface area (Å²) in [5.41, 5.74) is 4.37. The Balaban J connectivity index is 1.45. The maximum absolute atomic E-state index is 11.1. The fraction of sp³-hybridized carbons (Fsp3) is 0.429. The van der Waals surface area contributed by atoms with Gasteiger partial charge in [-0.2, -0.15) is 0 Å². The van der Waals surface area contributed by atoms with Gasteiger partial charge in [0.2, 0.25) is 0 Å². The number of ether oxygens (including phenoxy) is 2. The number of allylic oxidation sites excluding steroid dienone is 2. The van der Waals surface area contributed by atoms with Crippen molar-refractivity contribution in [2.75, 3.05) is 0 Å². The normalized spacial score (nSPS) is 21.2. The molecule has 1 aliphatic rings. The summed E-state index contributed by atoms with van der Waals surface area (Å²) in [5, 5.41) is 11.1. The fourth-order valence-corrected chi connectivity index (χ4v) is 5.97. The van der Waals surface area contributed by atoms with Crippen LogP contribution in [-0.2, 0) is 19.6 Å². The van der Waals surface area contributed by atoms with Gasteiger partial charge in [0.1, 0.15) is 24.7 Å². The van der Waals surface area contributed by atoms with E-state index in [1.54, 1.807) is 0 Å². The van der Waals surface area contributed by atoms with Gasteiger partial charge in [0.25, 0.3) is 0 Å². The Kier molecular flexibility index (Phi) is 9.33. The van der Waals surface area contributed by atoms with Gasteiger partial charge in [-0.15, -0.1) is 0 Å². The van der Waals surface area contributed by atoms with Crippen LogP contribution in [0.5, 0.6) is 11.5 Å². The molecule has 38 heavy (non-hydrogen) atoms. The molecule has 202 valence electrons. The van der Waals surface area contributed by atoms with Crippen molar-refractivity contribution in [1.29, 1.82) is 0 Å². The van der Waals surface area contributed by atoms with E-state index in [0.29, 0.717) is 19.1 Å². The smallest absolute Gasteiger partial charge is 0.123 e. The Morgan fingerprint density at radius 2 is 1.50 bits per heavy atom. The van der Waals surface area contributed by atoms with Crippen molar-refractivity contribution in [2.45, 2.75) is 85.0 Å². The molecular weight excluding hydrogens is 468 g/mol. The number of hydrogen-bond acceptors (Lipinski definition) is 3. The van der Waals surface area contributed by atoms with Crippen molar-refractivity contribution >= 4 is 0 Å². The standard InChI is InChI=1S/C35H44O3/c1-27(17-21-33-34(2,3)22-11-23-35(33,4)36)16-18-30-24-31(37-25-28-12-7-5-8-13-28)19-20-32(30)38-26-29-14-9-6-10-15-29/h5-10,12-16,19-20,24,33,36H,11,17-18,21-23,25-26H2,1-4H3/b27-16+/t33-,35-/m0/s1. The van der Waals surface area contributed by atoms with Crippen molar-refractivity contribution in [3.05, 3.63) is 107 Å². The molecule has 2 atom stereocenters. The van der Waals surface area contributed by atoms with E-state index in [9.17, 15) is 5.11 Å². The van der Waals surface area contributed by atoms with Crippen LogP contribution < -0.4 is 9.47 Å². The van der Waals surface area contributed by atoms with E-state index in [2.05, 4.69) is 57.2 Å². The Labute approximate surface area is 229 Å². The summed E-state index contributed by atoms with van der Waals surface area (Å²) in [6.45, 7) is 9.96. The van der Waals surface area contributed by atoms with Crippen LogP contribution in [0.15, 0.2) is 90.5 Å². The van der Waals surface area contributed by atoms with Crippen LogP contribution in [0.25, 0.3) is 0 Å². The van der Waals surface area contributed by atoms with Gasteiger partial charge in [0.05, 0.1) is 5.60 Å². The zero-order valence-corrected chi connectivity index (χ0v) is 23.6. The summed E-state index contributed by atoms with van der Waals surface area (Å²) < 4.78 is 12.4. The average molecular weight is 513 g/mol. The first kappa shape index (κ1) is 28.0. The predicted molar refractivity (Wildman–Crippen MR) is 156 cm³/mol. The highest BCUT2D eigenvalue weighted by Gasteiger charge is 2.44. The fourth-order valence-electron chi connectivity index (χ4n) is 5.97. The number of aliphatic hydroxyl groups is 1. The highest BCUT2D eigenvalue weighted by molar-refractivity contribution is 5.42. The molecule has 1 fully saturated rings. The molecule has 3 heteroatoms. The average Bonchev–Trinajstić information content (AvgIpc) is 2.90. The van der Waals surface area contributed by atoms with Crippen molar-refractivity contribution in [3.8, 4) is 11.5 Å². The second kappa shape index (κ2) is 12.7. The summed E-state index contributed by atoms with van der Waals surface area (Å²) in [6.07, 6.45) is 8.31. The number of rotatable bonds is 11. The summed E-state index contributed by atoms with van der Waals surface area (Å²) in [4.78, 5) is 0. The Hall–Kier alpha value is -3.04. The minimum absolute atomic E-state index is 0.172. The number of benzene rings is 3. The van der Waals surface area contributed by atoms with Gasteiger partial charge < -0.3 is 14.6 Å². The molecule has 0 amide bonds. The molecule has 3 nitrogen and oxygen atoms in total. The first-order valence-corrected chi connectivity index (χ1v) is 14.1. The van der Waals surface area contributed by atoms with Crippen LogP contribution in [0, 0.1) is 11.3 Å². The third-order valence-electron chi connectivity index (χ3n) is 8.21. The summed E-state index contributed by atoms with van der Waals surface area (Å²) in [6, 6.07) is 26.7. The van der Waals surface area contributed by atoms with E-state index in [-0.39, 0.29) is 5.41 Å². The second-order valence-corrected chi connectivity index (χ2v) is 11.9. The van der Waals surface area contributed by atoms with E-state index in [4.69, 9.17) is 9.47 Å². The van der Waals surface area contributed by atoms with Gasteiger partial charge in [-0.25, -0.2) is 0 Å². The van der Waals surface area contributed by atoms with Crippen molar-refractivity contribution in [2.24, 2.45) is 11.3 Å². The molecule has 0 saturated heterocycles. The molecule has 0 bridgehead atoms. The van der Waals surface area contributed by atoms with Gasteiger partial charge in [0.15, 0.2) is 0 Å². The maximum atomic E-state index is 11.1. The van der Waals surface area contributed by atoms with E-state index in [1.807, 2.05) is 55.5 Å². The topological polar surface area (TPSA) is 38.7 Å². The lowest BCUT2D eigenvalue weighted by molar-refractivity contribution is -0.0918. The maximum Gasteiger partial charge on any atom is 0.123 e. The van der Waals surface area contributed by atoms with Crippen LogP contribution in [0.2, 0.25) is 0 Å². The highest BCUT2D eigenvalue weighted by atomic mass is 16.5. The lowest BCUT2D eigenvalue weighted by Crippen LogP contribution is -2.46. The van der Waals surface area contributed by atoms with Gasteiger partial charge in [-0.1, -0.05) is 92.6 Å². The van der Waals surface area contributed by atoms with Gasteiger partial charge in [-0.05, 0) is 86.6 Å². The molecule has 0 spiro atoms. The number of hydrogen-bond donors (Lipinski definition) is 1. The Bertz CT molecular complexity index is 1160. The van der Waals surface area contributed by atoms with Gasteiger partial charge >= 0.3 is 0 Å². The van der Waals surface area contributed by atoms with Crippen molar-refractivity contribution in [3.63, 3.8) is 0 Å². The molecule has 3 aromatic rings. The van der Waals surface area contributed by atoms with E-state index >= 15 is 0 Å². The minimum atomic E-state index is -0.578. The summed E-state index contributed by atoms with van der Waals surface area (Å²) >= 11 is 0. The molecule has 0 aromatic heterocycles. The molecule has 0 aliphatic heterocycles. The van der Waals surface area contributed by atoms with Crippen molar-refractivity contribution in [1.82, 2.24) is 0 Å². The summed E-state index contributed by atoms with van der Waals surface area (Å²) in [5.74, 6) is 2.05. The summed E-state index contributed by atoms with van der Waals surface area (Å²) in [7, 11) is 0. The Morgan fingerprint density at radius 1 is 0.868 bits per heavy atom. The zero-order chi connectivity index (χ0) is 27.0. The third-order valence-corrected chi connectivity index (χ3v) is 8.21. The quantitative estimate of drug-likeness (QED) is 0.261. The lowest BCUT2D eigenvalue weighted by Gasteiger charge is -2.48. The van der Waals surface area contributed by atoms with E-state index in [0.717, 1.165) is 60.3 Å². The predicted octanol–water partition coefficient (Wildman–Crippen LogP) is 8.69. The molecule has 1 N–H and O–H groups in total. The van der Waals surface area contributed by atoms with Crippen LogP contribution in [0.1, 0.15) is 76.5 Å². The molecule has 0 unspecified atom stereocenters. The highest BCUT2D eigenvalue weighted by Crippen LogP contribution is 2.48. The van der Waals surface area contributed by atoms with Gasteiger partial charge in [0, 0.05) is 5.56 Å².